The van der Waals surface area contributed by atoms with Crippen molar-refractivity contribution in [3.63, 3.8) is 0 Å². The van der Waals surface area contributed by atoms with Crippen LogP contribution in [-0.4, -0.2) is 22.5 Å². The Morgan fingerprint density at radius 3 is 2.40 bits per heavy atom. The van der Waals surface area contributed by atoms with Crippen molar-refractivity contribution in [3.05, 3.63) is 33.8 Å². The van der Waals surface area contributed by atoms with Crippen LogP contribution in [0, 0.1) is 0 Å². The van der Waals surface area contributed by atoms with Gasteiger partial charge in [0.2, 0.25) is 3.79 Å². The average Bonchev–Trinajstić information content (AvgIpc) is 2.32. The predicted octanol–water partition coefficient (Wildman–Crippen LogP) is 4.16. The summed E-state index contributed by atoms with van der Waals surface area (Å²) in [6.07, 6.45) is -1.10. The van der Waals surface area contributed by atoms with E-state index in [0.717, 1.165) is 0 Å². The van der Waals surface area contributed by atoms with Crippen molar-refractivity contribution in [2.45, 2.75) is 3.79 Å². The van der Waals surface area contributed by atoms with Crippen LogP contribution in [0.25, 0.3) is 0 Å². The number of nitrogens with one attached hydrogen (secondary N) is 1. The minimum absolute atomic E-state index is 0.0118. The molecule has 0 atom stereocenters. The van der Waals surface area contributed by atoms with Gasteiger partial charge in [0.25, 0.3) is 0 Å². The molecule has 1 aromatic rings. The Morgan fingerprint density at radius 1 is 1.20 bits per heavy atom. The fourth-order valence-electron chi connectivity index (χ4n) is 0.975. The third kappa shape index (κ3) is 6.24. The maximum atomic E-state index is 11.6. The Labute approximate surface area is 138 Å². The second-order valence-corrected chi connectivity index (χ2v) is 6.67. The lowest BCUT2D eigenvalue weighted by Crippen LogP contribution is -2.30. The summed E-state index contributed by atoms with van der Waals surface area (Å²) in [6, 6.07) is 4.12. The summed E-state index contributed by atoms with van der Waals surface area (Å²) >= 11 is 27.5. The van der Waals surface area contributed by atoms with E-state index in [1.165, 1.54) is 18.2 Å². The summed E-state index contributed by atoms with van der Waals surface area (Å²) in [5.41, 5.74) is 1.73. The zero-order valence-electron chi connectivity index (χ0n) is 9.46. The summed E-state index contributed by atoms with van der Waals surface area (Å²) in [4.78, 5) is 27.2. The van der Waals surface area contributed by atoms with Crippen LogP contribution in [0.3, 0.4) is 0 Å². The first kappa shape index (κ1) is 17.5. The first-order valence-corrected chi connectivity index (χ1v) is 6.74. The van der Waals surface area contributed by atoms with E-state index in [1.54, 1.807) is 5.48 Å². The molecule has 0 aromatic heterocycles. The largest absolute Gasteiger partial charge is 0.443 e. The number of carbonyl (C=O) groups excluding carboxylic acids is 2. The highest BCUT2D eigenvalue weighted by Crippen LogP contribution is 2.26. The molecule has 0 radical (unpaired) electrons. The number of hydroxylamine groups is 1. The van der Waals surface area contributed by atoms with Crippen LogP contribution in [0.5, 0.6) is 0 Å². The molecule has 5 nitrogen and oxygen atoms in total. The fraction of sp³-hybridized carbons (Fsp3) is 0.200. The minimum atomic E-state index is -1.76. The number of hydrogen-bond acceptors (Lipinski definition) is 4. The number of amides is 1. The van der Waals surface area contributed by atoms with Gasteiger partial charge in [-0.05, 0) is 18.2 Å². The normalized spacial score (nSPS) is 10.8. The van der Waals surface area contributed by atoms with E-state index in [9.17, 15) is 9.59 Å². The Balaban J connectivity index is 2.49. The van der Waals surface area contributed by atoms with Crippen LogP contribution in [0.1, 0.15) is 10.4 Å². The second-order valence-electron chi connectivity index (χ2n) is 3.31. The molecule has 1 amide bonds. The van der Waals surface area contributed by atoms with Gasteiger partial charge in [-0.25, -0.2) is 9.59 Å². The summed E-state index contributed by atoms with van der Waals surface area (Å²) < 4.78 is 2.70. The van der Waals surface area contributed by atoms with Crippen LogP contribution in [0.15, 0.2) is 18.2 Å². The van der Waals surface area contributed by atoms with Gasteiger partial charge in [0.1, 0.15) is 6.61 Å². The predicted molar refractivity (Wildman–Crippen MR) is 76.7 cm³/mol. The summed E-state index contributed by atoms with van der Waals surface area (Å²) in [6.45, 7) is -0.511. The summed E-state index contributed by atoms with van der Waals surface area (Å²) in [5, 5.41) is 0.417. The van der Waals surface area contributed by atoms with Gasteiger partial charge in [-0.1, -0.05) is 58.0 Å². The standard InChI is InChI=1S/C10H6Cl5NO4/c11-5-1-2-6(7(12)3-5)8(17)20-16-9(18)19-4-10(13,14)15/h1-3H,4H2,(H,16,18). The topological polar surface area (TPSA) is 64.6 Å². The number of rotatable bonds is 2. The first-order valence-electron chi connectivity index (χ1n) is 4.85. The Hall–Kier alpha value is -0.590. The van der Waals surface area contributed by atoms with Gasteiger partial charge in [0, 0.05) is 5.02 Å². The molecule has 1 rings (SSSR count). The van der Waals surface area contributed by atoms with Crippen molar-refractivity contribution in [2.24, 2.45) is 0 Å². The minimum Gasteiger partial charge on any atom is -0.443 e. The average molecular weight is 381 g/mol. The van der Waals surface area contributed by atoms with Crippen LogP contribution in [0.2, 0.25) is 10.0 Å². The maximum absolute atomic E-state index is 11.6. The van der Waals surface area contributed by atoms with E-state index >= 15 is 0 Å². The molecule has 1 N–H and O–H groups in total. The number of hydrogen-bond donors (Lipinski definition) is 1. The van der Waals surface area contributed by atoms with Gasteiger partial charge in [-0.2, -0.15) is 0 Å². The van der Waals surface area contributed by atoms with E-state index in [-0.39, 0.29) is 10.6 Å². The van der Waals surface area contributed by atoms with E-state index in [2.05, 4.69) is 9.57 Å². The lowest BCUT2D eigenvalue weighted by atomic mass is 10.2. The van der Waals surface area contributed by atoms with E-state index in [4.69, 9.17) is 58.0 Å². The van der Waals surface area contributed by atoms with Gasteiger partial charge in [0.15, 0.2) is 0 Å². The van der Waals surface area contributed by atoms with Crippen LogP contribution < -0.4 is 5.48 Å². The molecular formula is C10H6Cl5NO4. The van der Waals surface area contributed by atoms with Gasteiger partial charge < -0.3 is 9.57 Å². The third-order valence-corrected chi connectivity index (χ3v) is 2.62. The van der Waals surface area contributed by atoms with Crippen LogP contribution >= 0.6 is 58.0 Å². The molecule has 0 fully saturated rings. The second kappa shape index (κ2) is 7.43. The highest BCUT2D eigenvalue weighted by molar-refractivity contribution is 6.67. The molecule has 1 aromatic carbocycles. The summed E-state index contributed by atoms with van der Waals surface area (Å²) in [7, 11) is 0. The van der Waals surface area contributed by atoms with Crippen LogP contribution in [-0.2, 0) is 9.57 Å². The first-order chi connectivity index (χ1) is 9.19. The number of alkyl halides is 3. The molecule has 0 saturated carbocycles. The molecule has 110 valence electrons. The molecule has 0 spiro atoms. The number of benzene rings is 1. The highest BCUT2D eigenvalue weighted by atomic mass is 35.6. The Morgan fingerprint density at radius 2 is 1.85 bits per heavy atom. The molecule has 20 heavy (non-hydrogen) atoms. The molecule has 0 heterocycles. The smallest absolute Gasteiger partial charge is 0.440 e. The SMILES string of the molecule is O=C(NOC(=O)c1ccc(Cl)cc1Cl)OCC(Cl)(Cl)Cl. The third-order valence-electron chi connectivity index (χ3n) is 1.75. The van der Waals surface area contributed by atoms with Crippen molar-refractivity contribution >= 4 is 70.1 Å². The van der Waals surface area contributed by atoms with Crippen molar-refractivity contribution in [2.75, 3.05) is 6.61 Å². The van der Waals surface area contributed by atoms with Gasteiger partial charge in [-0.3, -0.25) is 0 Å². The van der Waals surface area contributed by atoms with Gasteiger partial charge in [0.05, 0.1) is 10.6 Å². The molecule has 0 aliphatic carbocycles. The quantitative estimate of drug-likeness (QED) is 0.617. The molecule has 0 bridgehead atoms. The number of ether oxygens (including phenoxy) is 1. The monoisotopic (exact) mass is 379 g/mol. The van der Waals surface area contributed by atoms with Crippen molar-refractivity contribution in [3.8, 4) is 0 Å². The molecule has 0 saturated heterocycles. The van der Waals surface area contributed by atoms with E-state index < -0.39 is 22.5 Å². The van der Waals surface area contributed by atoms with Gasteiger partial charge >= 0.3 is 12.1 Å². The lowest BCUT2D eigenvalue weighted by Gasteiger charge is -2.11. The van der Waals surface area contributed by atoms with Crippen molar-refractivity contribution < 1.29 is 19.2 Å². The number of halogens is 5. The highest BCUT2D eigenvalue weighted by Gasteiger charge is 2.22. The molecule has 0 unspecified atom stereocenters. The van der Waals surface area contributed by atoms with Crippen molar-refractivity contribution in [1.82, 2.24) is 5.48 Å². The van der Waals surface area contributed by atoms with Crippen molar-refractivity contribution in [1.29, 1.82) is 0 Å². The maximum Gasteiger partial charge on any atom is 0.440 e. The molecule has 10 heteroatoms. The fourth-order valence-corrected chi connectivity index (χ4v) is 1.62. The zero-order chi connectivity index (χ0) is 15.3. The van der Waals surface area contributed by atoms with E-state index in [1.807, 2.05) is 0 Å². The lowest BCUT2D eigenvalue weighted by molar-refractivity contribution is 0.0211. The zero-order valence-corrected chi connectivity index (χ0v) is 13.2. The van der Waals surface area contributed by atoms with E-state index in [0.29, 0.717) is 5.02 Å². The van der Waals surface area contributed by atoms with Crippen LogP contribution in [0.4, 0.5) is 4.79 Å². The molecule has 0 aliphatic heterocycles. The van der Waals surface area contributed by atoms with Gasteiger partial charge in [-0.15, -0.1) is 5.48 Å². The number of carbonyl (C=O) groups is 2. The Kier molecular flexibility index (Phi) is 6.48. The summed E-state index contributed by atoms with van der Waals surface area (Å²) in [5.74, 6) is -0.905. The Bertz CT molecular complexity index is 517. The molecule has 0 aliphatic rings. The molecular weight excluding hydrogens is 375 g/mol.